The summed E-state index contributed by atoms with van der Waals surface area (Å²) >= 11 is 0. The van der Waals surface area contributed by atoms with E-state index < -0.39 is 0 Å². The first-order valence-corrected chi connectivity index (χ1v) is 15.9. The fourth-order valence-electron chi connectivity index (χ4n) is 8.44. The molecule has 210 valence electrons. The number of rotatable bonds is 2. The van der Waals surface area contributed by atoms with Gasteiger partial charge in [0.25, 0.3) is 0 Å². The van der Waals surface area contributed by atoms with E-state index in [9.17, 15) is 0 Å². The molecule has 0 atom stereocenters. The van der Waals surface area contributed by atoms with Crippen molar-refractivity contribution >= 4 is 32.3 Å². The minimum atomic E-state index is -0.0163. The van der Waals surface area contributed by atoms with Crippen LogP contribution in [0.3, 0.4) is 0 Å². The molecule has 0 aromatic heterocycles. The van der Waals surface area contributed by atoms with Gasteiger partial charge in [-0.2, -0.15) is 0 Å². The molecule has 45 heavy (non-hydrogen) atoms. The highest BCUT2D eigenvalue weighted by atomic mass is 14.4. The van der Waals surface area contributed by atoms with E-state index in [0.717, 1.165) is 0 Å². The van der Waals surface area contributed by atoms with E-state index in [4.69, 9.17) is 0 Å². The number of hydrogen-bond acceptors (Lipinski definition) is 0. The highest BCUT2D eigenvalue weighted by Crippen LogP contribution is 2.51. The second-order valence-corrected chi connectivity index (χ2v) is 13.3. The smallest absolute Gasteiger partial charge is 0.0159 e. The molecule has 0 N–H and O–H groups in total. The van der Waals surface area contributed by atoms with Crippen molar-refractivity contribution in [3.63, 3.8) is 0 Å². The van der Waals surface area contributed by atoms with E-state index in [2.05, 4.69) is 159 Å². The summed E-state index contributed by atoms with van der Waals surface area (Å²) < 4.78 is 0. The van der Waals surface area contributed by atoms with Crippen molar-refractivity contribution in [2.24, 2.45) is 0 Å². The van der Waals surface area contributed by atoms with Gasteiger partial charge in [-0.15, -0.1) is 0 Å². The highest BCUT2D eigenvalue weighted by Gasteiger charge is 2.35. The predicted octanol–water partition coefficient (Wildman–Crippen LogP) is 12.4. The van der Waals surface area contributed by atoms with Crippen molar-refractivity contribution < 1.29 is 0 Å². The van der Waals surface area contributed by atoms with Crippen LogP contribution in [0.5, 0.6) is 0 Å². The van der Waals surface area contributed by atoms with Gasteiger partial charge >= 0.3 is 0 Å². The molecule has 8 aromatic carbocycles. The Bertz CT molecular complexity index is 2530. The minimum Gasteiger partial charge on any atom is -0.0619 e. The van der Waals surface area contributed by atoms with Crippen molar-refractivity contribution in [1.29, 1.82) is 0 Å². The Hall–Kier alpha value is -5.46. The van der Waals surface area contributed by atoms with Gasteiger partial charge in [0.15, 0.2) is 0 Å². The highest BCUT2D eigenvalue weighted by molar-refractivity contribution is 6.22. The Morgan fingerprint density at radius 3 is 1.76 bits per heavy atom. The molecule has 2 aliphatic carbocycles. The normalized spacial score (nSPS) is 13.7. The summed E-state index contributed by atoms with van der Waals surface area (Å²) in [6.45, 7) is 4.72. The summed E-state index contributed by atoms with van der Waals surface area (Å²) in [7, 11) is 0. The summed E-state index contributed by atoms with van der Waals surface area (Å²) in [5.41, 5.74) is 16.0. The minimum absolute atomic E-state index is 0.0163. The van der Waals surface area contributed by atoms with Gasteiger partial charge in [0, 0.05) is 5.41 Å². The molecule has 10 rings (SSSR count). The fraction of sp³-hybridized carbons (Fsp3) is 0.0667. The first kappa shape index (κ1) is 24.9. The molecule has 8 aromatic rings. The monoisotopic (exact) mass is 570 g/mol. The first-order chi connectivity index (χ1) is 22.1. The van der Waals surface area contributed by atoms with E-state index in [1.54, 1.807) is 0 Å². The van der Waals surface area contributed by atoms with Crippen molar-refractivity contribution in [3.8, 4) is 55.6 Å². The average molecular weight is 571 g/mol. The van der Waals surface area contributed by atoms with Crippen LogP contribution < -0.4 is 0 Å². The van der Waals surface area contributed by atoms with E-state index in [-0.39, 0.29) is 5.41 Å². The average Bonchev–Trinajstić information content (AvgIpc) is 3.54. The largest absolute Gasteiger partial charge is 0.0619 e. The Labute approximate surface area is 263 Å². The molecule has 0 radical (unpaired) electrons. The lowest BCUT2D eigenvalue weighted by Crippen LogP contribution is -2.14. The third-order valence-electron chi connectivity index (χ3n) is 10.6. The molecule has 0 fully saturated rings. The maximum absolute atomic E-state index is 2.43. The summed E-state index contributed by atoms with van der Waals surface area (Å²) in [5.74, 6) is 0. The molecule has 0 saturated heterocycles. The van der Waals surface area contributed by atoms with Crippen molar-refractivity contribution in [2.45, 2.75) is 19.3 Å². The molecule has 2 aliphatic rings. The molecule has 0 amide bonds. The number of hydrogen-bond donors (Lipinski definition) is 0. The Balaban J connectivity index is 1.19. The first-order valence-electron chi connectivity index (χ1n) is 15.9. The predicted molar refractivity (Wildman–Crippen MR) is 192 cm³/mol. The summed E-state index contributed by atoms with van der Waals surface area (Å²) in [6, 6.07) is 54.7. The van der Waals surface area contributed by atoms with Crippen molar-refractivity contribution in [2.75, 3.05) is 0 Å². The Morgan fingerprint density at radius 2 is 0.911 bits per heavy atom. The molecule has 0 nitrogen and oxygen atoms in total. The van der Waals surface area contributed by atoms with E-state index >= 15 is 0 Å². The van der Waals surface area contributed by atoms with Crippen LogP contribution >= 0.6 is 0 Å². The molecule has 0 saturated carbocycles. The summed E-state index contributed by atoms with van der Waals surface area (Å²) in [6.07, 6.45) is 0. The van der Waals surface area contributed by atoms with E-state index in [1.165, 1.54) is 99.1 Å². The second-order valence-electron chi connectivity index (χ2n) is 13.3. The standard InChI is InChI=1S/C45H30/c1-45(2)42-17-8-7-14-36(42)37-21-19-28(26-43(37)45)27-18-20-30-29(24-27)25-41(34-13-6-3-10-31(30)34)35-22-23-40-33-12-5-4-11-32(33)38-15-9-16-39(35)44(38)40/h3-26H,1-2H3. The van der Waals surface area contributed by atoms with E-state index in [0.29, 0.717) is 0 Å². The SMILES string of the molecule is CC1(C)c2ccccc2-c2ccc(-c3ccc4c(c3)cc(-c3ccc5c6c(cccc36)-c3ccccc3-5)c3ccccc34)cc21. The van der Waals surface area contributed by atoms with Crippen LogP contribution in [0.25, 0.3) is 88.0 Å². The lowest BCUT2D eigenvalue weighted by atomic mass is 9.81. The molecule has 0 heteroatoms. The number of fused-ring (bicyclic) bond motifs is 9. The molecule has 0 aliphatic heterocycles. The summed E-state index contributed by atoms with van der Waals surface area (Å²) in [4.78, 5) is 0. The van der Waals surface area contributed by atoms with Gasteiger partial charge < -0.3 is 0 Å². The van der Waals surface area contributed by atoms with Gasteiger partial charge in [-0.25, -0.2) is 0 Å². The lowest BCUT2D eigenvalue weighted by Gasteiger charge is -2.22. The quantitative estimate of drug-likeness (QED) is 0.181. The van der Waals surface area contributed by atoms with Crippen molar-refractivity contribution in [1.82, 2.24) is 0 Å². The Morgan fingerprint density at radius 1 is 0.333 bits per heavy atom. The Kier molecular flexibility index (Phi) is 4.88. The maximum Gasteiger partial charge on any atom is 0.0159 e. The molecular formula is C45H30. The lowest BCUT2D eigenvalue weighted by molar-refractivity contribution is 0.660. The van der Waals surface area contributed by atoms with Gasteiger partial charge in [0.1, 0.15) is 0 Å². The van der Waals surface area contributed by atoms with Crippen molar-refractivity contribution in [3.05, 3.63) is 157 Å². The zero-order valence-electron chi connectivity index (χ0n) is 25.4. The van der Waals surface area contributed by atoms with Gasteiger partial charge in [-0.3, -0.25) is 0 Å². The summed E-state index contributed by atoms with van der Waals surface area (Å²) in [5, 5.41) is 7.86. The fourth-order valence-corrected chi connectivity index (χ4v) is 8.44. The topological polar surface area (TPSA) is 0 Å². The zero-order chi connectivity index (χ0) is 29.9. The van der Waals surface area contributed by atoms with E-state index in [1.807, 2.05) is 0 Å². The van der Waals surface area contributed by atoms with Gasteiger partial charge in [0.2, 0.25) is 0 Å². The molecular weight excluding hydrogens is 540 g/mol. The van der Waals surface area contributed by atoms with Gasteiger partial charge in [-0.1, -0.05) is 141 Å². The maximum atomic E-state index is 2.43. The number of benzene rings is 8. The second kappa shape index (κ2) is 8.80. The van der Waals surface area contributed by atoms with Gasteiger partial charge in [0.05, 0.1) is 0 Å². The molecule has 0 spiro atoms. The molecule has 0 unspecified atom stereocenters. The molecule has 0 heterocycles. The van der Waals surface area contributed by atoms with Crippen LogP contribution in [0.2, 0.25) is 0 Å². The van der Waals surface area contributed by atoms with Gasteiger partial charge in [-0.05, 0) is 117 Å². The third-order valence-corrected chi connectivity index (χ3v) is 10.6. The van der Waals surface area contributed by atoms with Crippen LogP contribution in [0.1, 0.15) is 25.0 Å². The molecule has 0 bridgehead atoms. The van der Waals surface area contributed by atoms with Crippen LogP contribution in [0.4, 0.5) is 0 Å². The third kappa shape index (κ3) is 3.32. The van der Waals surface area contributed by atoms with Crippen LogP contribution in [-0.2, 0) is 5.41 Å². The van der Waals surface area contributed by atoms with Crippen LogP contribution in [0, 0.1) is 0 Å². The van der Waals surface area contributed by atoms with Crippen LogP contribution in [-0.4, -0.2) is 0 Å². The zero-order valence-corrected chi connectivity index (χ0v) is 25.4. The van der Waals surface area contributed by atoms with Crippen LogP contribution in [0.15, 0.2) is 146 Å².